The minimum atomic E-state index is -0.732. The van der Waals surface area contributed by atoms with Crippen molar-refractivity contribution in [3.63, 3.8) is 0 Å². The van der Waals surface area contributed by atoms with Gasteiger partial charge in [0, 0.05) is 23.2 Å². The van der Waals surface area contributed by atoms with Gasteiger partial charge in [0.25, 0.3) is 5.91 Å². The lowest BCUT2D eigenvalue weighted by Crippen LogP contribution is -2.18. The fourth-order valence-electron chi connectivity index (χ4n) is 4.29. The molecule has 1 aliphatic rings. The second-order valence-electron chi connectivity index (χ2n) is 8.51. The van der Waals surface area contributed by atoms with E-state index in [2.05, 4.69) is 15.2 Å². The number of amides is 1. The normalized spacial score (nSPS) is 14.0. The predicted molar refractivity (Wildman–Crippen MR) is 131 cm³/mol. The highest BCUT2D eigenvalue weighted by atomic mass is 35.5. The van der Waals surface area contributed by atoms with Crippen molar-refractivity contribution in [2.75, 3.05) is 18.4 Å². The molecule has 4 aromatic rings. The van der Waals surface area contributed by atoms with Crippen molar-refractivity contribution in [1.82, 2.24) is 9.88 Å². The van der Waals surface area contributed by atoms with Gasteiger partial charge in [0.05, 0.1) is 16.8 Å². The zero-order valence-electron chi connectivity index (χ0n) is 18.3. The molecule has 1 fully saturated rings. The molecular weight excluding hydrogens is 456 g/mol. The van der Waals surface area contributed by atoms with E-state index < -0.39 is 17.5 Å². The first-order chi connectivity index (χ1) is 16.5. The number of aromatic nitrogens is 1. The highest BCUT2D eigenvalue weighted by Gasteiger charge is 2.17. The third-order valence-electron chi connectivity index (χ3n) is 6.07. The third-order valence-corrected chi connectivity index (χ3v) is 6.32. The van der Waals surface area contributed by atoms with E-state index >= 15 is 0 Å². The van der Waals surface area contributed by atoms with E-state index in [1.807, 2.05) is 6.07 Å². The SMILES string of the molecule is O=C(Nc1cc2ncc(CN3CCCC3)cc2cc1F)c1ccc(-c2ccc(Cl)cc2)cc1F. The molecule has 1 N–H and O–H groups in total. The number of nitrogens with one attached hydrogen (secondary N) is 1. The standard InChI is InChI=1S/C27H22ClF2N3O/c28-21-6-3-18(4-7-21)19-5-8-22(23(29)12-19)27(34)32-26-14-25-20(13-24(26)30)11-17(15-31-25)16-33-9-1-2-10-33/h3-8,11-15H,1-2,9-10,16H2,(H,32,34). The van der Waals surface area contributed by atoms with E-state index in [9.17, 15) is 13.6 Å². The van der Waals surface area contributed by atoms with E-state index in [0.717, 1.165) is 30.8 Å². The molecule has 1 aliphatic heterocycles. The fourth-order valence-corrected chi connectivity index (χ4v) is 4.41. The van der Waals surface area contributed by atoms with Gasteiger partial charge in [-0.1, -0.05) is 29.8 Å². The molecule has 0 unspecified atom stereocenters. The lowest BCUT2D eigenvalue weighted by molar-refractivity contribution is 0.102. The first kappa shape index (κ1) is 22.4. The lowest BCUT2D eigenvalue weighted by atomic mass is 10.0. The Labute approximate surface area is 201 Å². The van der Waals surface area contributed by atoms with Gasteiger partial charge in [0.2, 0.25) is 0 Å². The summed E-state index contributed by atoms with van der Waals surface area (Å²) in [6.45, 7) is 2.91. The number of rotatable bonds is 5. The van der Waals surface area contributed by atoms with Crippen molar-refractivity contribution in [2.45, 2.75) is 19.4 Å². The summed E-state index contributed by atoms with van der Waals surface area (Å²) in [7, 11) is 0. The summed E-state index contributed by atoms with van der Waals surface area (Å²) in [5, 5.41) is 3.72. The lowest BCUT2D eigenvalue weighted by Gasteiger charge is -2.15. The summed E-state index contributed by atoms with van der Waals surface area (Å²) in [4.78, 5) is 19.5. The molecule has 1 aromatic heterocycles. The summed E-state index contributed by atoms with van der Waals surface area (Å²) < 4.78 is 29.5. The monoisotopic (exact) mass is 477 g/mol. The molecule has 0 radical (unpaired) electrons. The van der Waals surface area contributed by atoms with Gasteiger partial charge < -0.3 is 5.32 Å². The average Bonchev–Trinajstić information content (AvgIpc) is 3.33. The smallest absolute Gasteiger partial charge is 0.258 e. The van der Waals surface area contributed by atoms with Crippen molar-refractivity contribution >= 4 is 34.1 Å². The molecule has 4 nitrogen and oxygen atoms in total. The molecule has 172 valence electrons. The molecule has 0 spiro atoms. The van der Waals surface area contributed by atoms with Gasteiger partial charge >= 0.3 is 0 Å². The van der Waals surface area contributed by atoms with Crippen molar-refractivity contribution in [3.8, 4) is 11.1 Å². The Balaban J connectivity index is 1.35. The fraction of sp³-hybridized carbons (Fsp3) is 0.185. The molecule has 7 heteroatoms. The van der Waals surface area contributed by atoms with Crippen LogP contribution < -0.4 is 5.32 Å². The number of anilines is 1. The maximum Gasteiger partial charge on any atom is 0.258 e. The summed E-state index contributed by atoms with van der Waals surface area (Å²) in [5.41, 5.74) is 2.74. The Bertz CT molecular complexity index is 1370. The topological polar surface area (TPSA) is 45.2 Å². The summed E-state index contributed by atoms with van der Waals surface area (Å²) in [5.74, 6) is -2.03. The summed E-state index contributed by atoms with van der Waals surface area (Å²) >= 11 is 5.90. The van der Waals surface area contributed by atoms with Crippen molar-refractivity contribution in [1.29, 1.82) is 0 Å². The van der Waals surface area contributed by atoms with Crippen LogP contribution in [0.1, 0.15) is 28.8 Å². The van der Waals surface area contributed by atoms with Crippen LogP contribution in [0.4, 0.5) is 14.5 Å². The van der Waals surface area contributed by atoms with Crippen LogP contribution in [0.2, 0.25) is 5.02 Å². The molecule has 5 rings (SSSR count). The maximum absolute atomic E-state index is 14.8. The maximum atomic E-state index is 14.8. The first-order valence-corrected chi connectivity index (χ1v) is 11.5. The number of hydrogen-bond acceptors (Lipinski definition) is 3. The zero-order valence-corrected chi connectivity index (χ0v) is 19.1. The van der Waals surface area contributed by atoms with Crippen molar-refractivity contribution < 1.29 is 13.6 Å². The molecule has 0 aliphatic carbocycles. The molecule has 1 amide bonds. The molecule has 34 heavy (non-hydrogen) atoms. The molecule has 3 aromatic carbocycles. The van der Waals surface area contributed by atoms with Crippen LogP contribution in [-0.4, -0.2) is 28.9 Å². The minimum absolute atomic E-state index is 0.0431. The second-order valence-corrected chi connectivity index (χ2v) is 8.94. The number of nitrogens with zero attached hydrogens (tertiary/aromatic N) is 2. The van der Waals surface area contributed by atoms with Crippen LogP contribution in [-0.2, 0) is 6.54 Å². The van der Waals surface area contributed by atoms with Crippen LogP contribution >= 0.6 is 11.6 Å². The Kier molecular flexibility index (Phi) is 6.26. The highest BCUT2D eigenvalue weighted by Crippen LogP contribution is 2.26. The number of halogens is 3. The van der Waals surface area contributed by atoms with Gasteiger partial charge in [-0.25, -0.2) is 8.78 Å². The molecule has 0 saturated carbocycles. The number of likely N-dealkylation sites (tertiary alicyclic amines) is 1. The second kappa shape index (κ2) is 9.49. The van der Waals surface area contributed by atoms with Gasteiger partial charge in [0.1, 0.15) is 11.6 Å². The molecule has 2 heterocycles. The molecule has 1 saturated heterocycles. The van der Waals surface area contributed by atoms with Crippen LogP contribution in [0.5, 0.6) is 0 Å². The third kappa shape index (κ3) is 4.79. The van der Waals surface area contributed by atoms with Crippen LogP contribution in [0, 0.1) is 11.6 Å². The minimum Gasteiger partial charge on any atom is -0.319 e. The van der Waals surface area contributed by atoms with E-state index in [1.54, 1.807) is 36.5 Å². The molecule has 0 atom stereocenters. The Hall–Kier alpha value is -3.35. The summed E-state index contributed by atoms with van der Waals surface area (Å²) in [6.07, 6.45) is 4.17. The van der Waals surface area contributed by atoms with Gasteiger partial charge in [-0.05, 0) is 85.1 Å². The van der Waals surface area contributed by atoms with E-state index in [1.165, 1.54) is 37.1 Å². The Morgan fingerprint density at radius 1 is 0.941 bits per heavy atom. The van der Waals surface area contributed by atoms with E-state index in [0.29, 0.717) is 21.5 Å². The van der Waals surface area contributed by atoms with Gasteiger partial charge in [-0.15, -0.1) is 0 Å². The van der Waals surface area contributed by atoms with Crippen molar-refractivity contribution in [3.05, 3.63) is 94.6 Å². The van der Waals surface area contributed by atoms with Crippen molar-refractivity contribution in [2.24, 2.45) is 0 Å². The summed E-state index contributed by atoms with van der Waals surface area (Å²) in [6, 6.07) is 16.0. The number of hydrogen-bond donors (Lipinski definition) is 1. The number of carbonyl (C=O) groups excluding carboxylic acids is 1. The Morgan fingerprint density at radius 3 is 2.41 bits per heavy atom. The number of carbonyl (C=O) groups is 1. The zero-order chi connectivity index (χ0) is 23.7. The first-order valence-electron chi connectivity index (χ1n) is 11.1. The molecular formula is C27H22ClF2N3O. The van der Waals surface area contributed by atoms with Crippen LogP contribution in [0.3, 0.4) is 0 Å². The van der Waals surface area contributed by atoms with Gasteiger partial charge in [0.15, 0.2) is 0 Å². The quantitative estimate of drug-likeness (QED) is 0.348. The highest BCUT2D eigenvalue weighted by molar-refractivity contribution is 6.30. The molecule has 0 bridgehead atoms. The van der Waals surface area contributed by atoms with Gasteiger partial charge in [-0.2, -0.15) is 0 Å². The number of fused-ring (bicyclic) bond motifs is 1. The van der Waals surface area contributed by atoms with Crippen LogP contribution in [0.15, 0.2) is 66.9 Å². The number of benzene rings is 3. The van der Waals surface area contributed by atoms with E-state index in [4.69, 9.17) is 11.6 Å². The van der Waals surface area contributed by atoms with E-state index in [-0.39, 0.29) is 11.3 Å². The largest absolute Gasteiger partial charge is 0.319 e. The Morgan fingerprint density at radius 2 is 1.68 bits per heavy atom. The predicted octanol–water partition coefficient (Wildman–Crippen LogP) is 6.68. The number of pyridine rings is 1. The van der Waals surface area contributed by atoms with Gasteiger partial charge in [-0.3, -0.25) is 14.7 Å². The van der Waals surface area contributed by atoms with Crippen LogP contribution in [0.25, 0.3) is 22.0 Å². The average molecular weight is 478 g/mol.